The van der Waals surface area contributed by atoms with Gasteiger partial charge in [-0.15, -0.1) is 0 Å². The van der Waals surface area contributed by atoms with Gasteiger partial charge >= 0.3 is 5.97 Å². The number of nitrogens with one attached hydrogen (secondary N) is 1. The van der Waals surface area contributed by atoms with Crippen molar-refractivity contribution in [3.05, 3.63) is 58.7 Å². The molecule has 3 rings (SSSR count). The molecular formula is C20H21NO5. The molecule has 1 aliphatic heterocycles. The van der Waals surface area contributed by atoms with Crippen molar-refractivity contribution in [2.24, 2.45) is 0 Å². The standard InChI is InChI=1S/C20H21NO5/c1-12-6-13(2)8-16(7-12)20(23)24-10-19(22)21-14(3)15-4-5-17-18(9-15)26-11-25-17/h4-9,14H,10-11H2,1-3H3,(H,21,22)/t14-/m1/s1. The number of ether oxygens (including phenoxy) is 3. The molecule has 0 bridgehead atoms. The highest BCUT2D eigenvalue weighted by Gasteiger charge is 2.17. The molecule has 0 saturated heterocycles. The lowest BCUT2D eigenvalue weighted by Crippen LogP contribution is -2.31. The Bertz CT molecular complexity index is 826. The second kappa shape index (κ2) is 7.47. The number of carbonyl (C=O) groups excluding carboxylic acids is 2. The zero-order valence-corrected chi connectivity index (χ0v) is 15.0. The molecule has 2 aromatic carbocycles. The molecule has 1 N–H and O–H groups in total. The molecule has 0 aromatic heterocycles. The summed E-state index contributed by atoms with van der Waals surface area (Å²) in [6.45, 7) is 5.53. The van der Waals surface area contributed by atoms with E-state index in [9.17, 15) is 9.59 Å². The van der Waals surface area contributed by atoms with Gasteiger partial charge in [-0.1, -0.05) is 23.3 Å². The van der Waals surface area contributed by atoms with Crippen LogP contribution in [-0.2, 0) is 9.53 Å². The molecule has 26 heavy (non-hydrogen) atoms. The maximum absolute atomic E-state index is 12.1. The summed E-state index contributed by atoms with van der Waals surface area (Å²) in [5.41, 5.74) is 3.26. The topological polar surface area (TPSA) is 73.9 Å². The van der Waals surface area contributed by atoms with Gasteiger partial charge in [0.25, 0.3) is 5.91 Å². The molecule has 0 aliphatic carbocycles. The van der Waals surface area contributed by atoms with Crippen LogP contribution in [0, 0.1) is 13.8 Å². The zero-order valence-electron chi connectivity index (χ0n) is 15.0. The van der Waals surface area contributed by atoms with Gasteiger partial charge in [-0.05, 0) is 50.6 Å². The van der Waals surface area contributed by atoms with E-state index in [4.69, 9.17) is 14.2 Å². The van der Waals surface area contributed by atoms with Gasteiger partial charge in [-0.25, -0.2) is 4.79 Å². The van der Waals surface area contributed by atoms with Gasteiger partial charge in [0.05, 0.1) is 11.6 Å². The minimum Gasteiger partial charge on any atom is -0.454 e. The average Bonchev–Trinajstić information content (AvgIpc) is 3.06. The third kappa shape index (κ3) is 4.14. The van der Waals surface area contributed by atoms with Gasteiger partial charge in [-0.3, -0.25) is 4.79 Å². The lowest BCUT2D eigenvalue weighted by atomic mass is 10.1. The van der Waals surface area contributed by atoms with E-state index in [-0.39, 0.29) is 25.3 Å². The highest BCUT2D eigenvalue weighted by Crippen LogP contribution is 2.34. The molecule has 6 heteroatoms. The summed E-state index contributed by atoms with van der Waals surface area (Å²) >= 11 is 0. The molecule has 0 fully saturated rings. The Morgan fingerprint density at radius 1 is 1.08 bits per heavy atom. The molecule has 2 aromatic rings. The van der Waals surface area contributed by atoms with Crippen molar-refractivity contribution in [3.63, 3.8) is 0 Å². The van der Waals surface area contributed by atoms with Crippen LogP contribution in [0.1, 0.15) is 40.0 Å². The third-order valence-corrected chi connectivity index (χ3v) is 4.07. The number of amides is 1. The zero-order chi connectivity index (χ0) is 18.7. The summed E-state index contributed by atoms with van der Waals surface area (Å²) in [5, 5.41) is 2.80. The summed E-state index contributed by atoms with van der Waals surface area (Å²) < 4.78 is 15.7. The van der Waals surface area contributed by atoms with Gasteiger partial charge < -0.3 is 19.5 Å². The number of carbonyl (C=O) groups is 2. The van der Waals surface area contributed by atoms with Crippen molar-refractivity contribution in [3.8, 4) is 11.5 Å². The van der Waals surface area contributed by atoms with Crippen LogP contribution in [0.25, 0.3) is 0 Å². The van der Waals surface area contributed by atoms with Crippen LogP contribution >= 0.6 is 0 Å². The molecule has 1 amide bonds. The van der Waals surface area contributed by atoms with E-state index >= 15 is 0 Å². The molecule has 6 nitrogen and oxygen atoms in total. The van der Waals surface area contributed by atoms with Gasteiger partial charge in [0.15, 0.2) is 18.1 Å². The van der Waals surface area contributed by atoms with E-state index in [0.717, 1.165) is 16.7 Å². The van der Waals surface area contributed by atoms with Crippen molar-refractivity contribution >= 4 is 11.9 Å². The fourth-order valence-electron chi connectivity index (χ4n) is 2.86. The SMILES string of the molecule is Cc1cc(C)cc(C(=O)OCC(=O)N[C@H](C)c2ccc3c(c2)OCO3)c1. The number of hydrogen-bond acceptors (Lipinski definition) is 5. The van der Waals surface area contributed by atoms with Crippen LogP contribution in [0.5, 0.6) is 11.5 Å². The van der Waals surface area contributed by atoms with Gasteiger partial charge in [0, 0.05) is 0 Å². The maximum atomic E-state index is 12.1. The van der Waals surface area contributed by atoms with E-state index in [1.165, 1.54) is 0 Å². The van der Waals surface area contributed by atoms with Crippen LogP contribution < -0.4 is 14.8 Å². The van der Waals surface area contributed by atoms with Crippen molar-refractivity contribution < 1.29 is 23.8 Å². The van der Waals surface area contributed by atoms with Gasteiger partial charge in [0.1, 0.15) is 0 Å². The van der Waals surface area contributed by atoms with E-state index < -0.39 is 5.97 Å². The van der Waals surface area contributed by atoms with Crippen LogP contribution in [-0.4, -0.2) is 25.3 Å². The molecule has 0 spiro atoms. The van der Waals surface area contributed by atoms with Gasteiger partial charge in [-0.2, -0.15) is 0 Å². The summed E-state index contributed by atoms with van der Waals surface area (Å²) in [4.78, 5) is 24.2. The number of aryl methyl sites for hydroxylation is 2. The molecular weight excluding hydrogens is 334 g/mol. The second-order valence-corrected chi connectivity index (χ2v) is 6.35. The molecule has 0 radical (unpaired) electrons. The maximum Gasteiger partial charge on any atom is 0.338 e. The first-order valence-corrected chi connectivity index (χ1v) is 8.36. The molecule has 1 atom stereocenters. The predicted molar refractivity (Wildman–Crippen MR) is 95.3 cm³/mol. The Balaban J connectivity index is 1.54. The fourth-order valence-corrected chi connectivity index (χ4v) is 2.86. The normalized spacial score (nSPS) is 13.2. The van der Waals surface area contributed by atoms with Crippen LogP contribution in [0.15, 0.2) is 36.4 Å². The number of benzene rings is 2. The minimum absolute atomic E-state index is 0.202. The summed E-state index contributed by atoms with van der Waals surface area (Å²) in [6, 6.07) is 10.7. The van der Waals surface area contributed by atoms with Crippen LogP contribution in [0.4, 0.5) is 0 Å². The smallest absolute Gasteiger partial charge is 0.338 e. The van der Waals surface area contributed by atoms with E-state index in [0.29, 0.717) is 17.1 Å². The Morgan fingerprint density at radius 2 is 1.77 bits per heavy atom. The first-order chi connectivity index (χ1) is 12.4. The molecule has 1 aliphatic rings. The van der Waals surface area contributed by atoms with Crippen molar-refractivity contribution in [2.45, 2.75) is 26.8 Å². The molecule has 0 unspecified atom stereocenters. The Morgan fingerprint density at radius 3 is 2.50 bits per heavy atom. The Labute approximate surface area is 152 Å². The second-order valence-electron chi connectivity index (χ2n) is 6.35. The molecule has 1 heterocycles. The lowest BCUT2D eigenvalue weighted by molar-refractivity contribution is -0.124. The quantitative estimate of drug-likeness (QED) is 0.835. The van der Waals surface area contributed by atoms with E-state index in [1.807, 2.05) is 39.0 Å². The highest BCUT2D eigenvalue weighted by atomic mass is 16.7. The summed E-state index contributed by atoms with van der Waals surface area (Å²) in [5.74, 6) is 0.468. The largest absolute Gasteiger partial charge is 0.454 e. The van der Waals surface area contributed by atoms with Crippen LogP contribution in [0.2, 0.25) is 0 Å². The fraction of sp³-hybridized carbons (Fsp3) is 0.300. The number of hydrogen-bond donors (Lipinski definition) is 1. The average molecular weight is 355 g/mol. The first kappa shape index (κ1) is 17.8. The molecule has 0 saturated carbocycles. The first-order valence-electron chi connectivity index (χ1n) is 8.36. The summed E-state index contributed by atoms with van der Waals surface area (Å²) in [6.07, 6.45) is 0. The number of esters is 1. The van der Waals surface area contributed by atoms with Crippen molar-refractivity contribution in [1.29, 1.82) is 0 Å². The third-order valence-electron chi connectivity index (χ3n) is 4.07. The Hall–Kier alpha value is -3.02. The predicted octanol–water partition coefficient (Wildman–Crippen LogP) is 3.07. The summed E-state index contributed by atoms with van der Waals surface area (Å²) in [7, 11) is 0. The van der Waals surface area contributed by atoms with Gasteiger partial charge in [0.2, 0.25) is 6.79 Å². The van der Waals surface area contributed by atoms with Crippen LogP contribution in [0.3, 0.4) is 0 Å². The van der Waals surface area contributed by atoms with E-state index in [2.05, 4.69) is 5.32 Å². The van der Waals surface area contributed by atoms with Crippen molar-refractivity contribution in [2.75, 3.05) is 13.4 Å². The lowest BCUT2D eigenvalue weighted by Gasteiger charge is -2.15. The minimum atomic E-state index is -0.511. The number of fused-ring (bicyclic) bond motifs is 1. The van der Waals surface area contributed by atoms with Crippen molar-refractivity contribution in [1.82, 2.24) is 5.32 Å². The number of rotatable bonds is 5. The van der Waals surface area contributed by atoms with E-state index in [1.54, 1.807) is 18.2 Å². The highest BCUT2D eigenvalue weighted by molar-refractivity contribution is 5.91. The monoisotopic (exact) mass is 355 g/mol. The Kier molecular flexibility index (Phi) is 5.11. The molecule has 136 valence electrons.